The smallest absolute Gasteiger partial charge is 0.176 e. The third kappa shape index (κ3) is 10.1. The van der Waals surface area contributed by atoms with Gasteiger partial charge in [0.05, 0.1) is 4.90 Å². The summed E-state index contributed by atoms with van der Waals surface area (Å²) in [5, 5.41) is 13.3. The third-order valence-electron chi connectivity index (χ3n) is 11.1. The maximum atomic E-state index is 11.7. The van der Waals surface area contributed by atoms with Gasteiger partial charge in [-0.05, 0) is 92.5 Å². The molecule has 4 nitrogen and oxygen atoms in total. The van der Waals surface area contributed by atoms with Crippen LogP contribution in [-0.2, 0) is 30.3 Å². The first-order chi connectivity index (χ1) is 30.9. The van der Waals surface area contributed by atoms with Crippen molar-refractivity contribution in [2.45, 2.75) is 4.90 Å². The molecule has 0 atom stereocenters. The van der Waals surface area contributed by atoms with E-state index in [9.17, 15) is 8.42 Å². The van der Waals surface area contributed by atoms with Gasteiger partial charge in [0.15, 0.2) is 9.84 Å². The quantitative estimate of drug-likeness (QED) is 0.0887. The number of fused-ring (bicyclic) bond motifs is 2. The first kappa shape index (κ1) is 46.9. The Morgan fingerprint density at radius 1 is 0.369 bits per heavy atom. The predicted molar refractivity (Wildman–Crippen MR) is 277 cm³/mol. The van der Waals surface area contributed by atoms with E-state index >= 15 is 0 Å². The Hall–Kier alpha value is -6.05. The molecule has 0 bridgehead atoms. The second-order valence-electron chi connectivity index (χ2n) is 15.2. The first-order valence-corrected chi connectivity index (χ1v) is 25.4. The number of sulfone groups is 1. The molecule has 0 saturated carbocycles. The summed E-state index contributed by atoms with van der Waals surface area (Å²) in [5.41, 5.74) is 10.5. The van der Waals surface area contributed by atoms with Crippen molar-refractivity contribution in [3.63, 3.8) is 0 Å². The van der Waals surface area contributed by atoms with Crippen LogP contribution in [0.15, 0.2) is 248 Å². The van der Waals surface area contributed by atoms with Crippen molar-refractivity contribution < 1.29 is 34.3 Å². The number of hydrogen-bond acceptors (Lipinski definition) is 3. The number of para-hydroxylation sites is 1. The molecule has 0 aromatic heterocycles. The summed E-state index contributed by atoms with van der Waals surface area (Å²) in [6, 6.07) is 85.9. The van der Waals surface area contributed by atoms with Gasteiger partial charge < -0.3 is 11.2 Å². The summed E-state index contributed by atoms with van der Waals surface area (Å²) >= 11 is 0. The van der Waals surface area contributed by atoms with E-state index in [1.165, 1.54) is 70.8 Å². The fraction of sp³-hybridized carbons (Fsp3) is 0.0175. The van der Waals surface area contributed by atoms with Crippen molar-refractivity contribution in [3.05, 3.63) is 243 Å². The molecule has 10 aromatic rings. The molecule has 8 heteroatoms. The molecule has 0 fully saturated rings. The Kier molecular flexibility index (Phi) is 15.4. The number of anilines is 1. The second kappa shape index (κ2) is 21.3. The molecule has 0 aliphatic heterocycles. The van der Waals surface area contributed by atoms with E-state index in [0.717, 1.165) is 5.56 Å². The van der Waals surface area contributed by atoms with Gasteiger partial charge >= 0.3 is 0 Å². The molecule has 0 saturated heterocycles. The molecule has 0 unspecified atom stereocenters. The van der Waals surface area contributed by atoms with E-state index in [-0.39, 0.29) is 25.9 Å². The summed E-state index contributed by atoms with van der Waals surface area (Å²) in [4.78, 5) is 0.304. The Morgan fingerprint density at radius 2 is 0.692 bits per heavy atom. The molecular formula is C57H47NO3P2PdS. The van der Waals surface area contributed by atoms with Crippen molar-refractivity contribution >= 4 is 84.7 Å². The number of hydrogen-bond donors (Lipinski definition) is 1. The number of rotatable bonds is 9. The average molecular weight is 994 g/mol. The molecule has 0 aliphatic rings. The second-order valence-corrected chi connectivity index (χ2v) is 21.6. The molecule has 324 valence electrons. The molecule has 0 radical (unpaired) electrons. The molecule has 0 spiro atoms. The minimum absolute atomic E-state index is 0. The van der Waals surface area contributed by atoms with E-state index in [4.69, 9.17) is 5.73 Å². The minimum atomic E-state index is -3.25. The Morgan fingerprint density at radius 3 is 1.08 bits per heavy atom. The fourth-order valence-corrected chi connectivity index (χ4v) is 14.2. The van der Waals surface area contributed by atoms with Crippen molar-refractivity contribution in [2.24, 2.45) is 0 Å². The van der Waals surface area contributed by atoms with Gasteiger partial charge in [0.1, 0.15) is 0 Å². The summed E-state index contributed by atoms with van der Waals surface area (Å²) in [7, 11) is -4.96. The van der Waals surface area contributed by atoms with Crippen LogP contribution in [-0.4, -0.2) is 20.1 Å². The average Bonchev–Trinajstić information content (AvgIpc) is 3.33. The zero-order valence-electron chi connectivity index (χ0n) is 35.6. The molecule has 10 rings (SSSR count). The van der Waals surface area contributed by atoms with Gasteiger partial charge in [-0.1, -0.05) is 231 Å². The molecular weight excluding hydrogens is 947 g/mol. The number of nitrogen functional groups attached to an aromatic ring is 1. The summed E-state index contributed by atoms with van der Waals surface area (Å²) in [6.07, 6.45) is 1.20. The molecule has 0 amide bonds. The summed E-state index contributed by atoms with van der Waals surface area (Å²) < 4.78 is 23.4. The van der Waals surface area contributed by atoms with Crippen LogP contribution >= 0.6 is 15.8 Å². The van der Waals surface area contributed by atoms with Crippen LogP contribution < -0.4 is 37.6 Å². The normalized spacial score (nSPS) is 11.1. The van der Waals surface area contributed by atoms with Gasteiger partial charge in [-0.3, -0.25) is 0 Å². The zero-order chi connectivity index (χ0) is 43.2. The maximum absolute atomic E-state index is 11.7. The number of benzene rings is 10. The summed E-state index contributed by atoms with van der Waals surface area (Å²) in [6.45, 7) is 0. The van der Waals surface area contributed by atoms with E-state index in [1.54, 1.807) is 30.3 Å². The van der Waals surface area contributed by atoms with E-state index in [2.05, 4.69) is 194 Å². The van der Waals surface area contributed by atoms with Crippen molar-refractivity contribution in [1.29, 1.82) is 0 Å². The minimum Gasteiger partial charge on any atom is -0.412 e. The topological polar surface area (TPSA) is 91.7 Å². The van der Waals surface area contributed by atoms with Crippen molar-refractivity contribution in [2.75, 3.05) is 12.0 Å². The molecule has 4 N–H and O–H groups in total. The van der Waals surface area contributed by atoms with Crippen LogP contribution in [0.1, 0.15) is 0 Å². The van der Waals surface area contributed by atoms with Gasteiger partial charge in [0.2, 0.25) is 0 Å². The third-order valence-corrected chi connectivity index (χ3v) is 17.3. The molecule has 0 heterocycles. The predicted octanol–water partition coefficient (Wildman–Crippen LogP) is 10.7. The Bertz CT molecular complexity index is 3040. The largest absolute Gasteiger partial charge is 0.412 e. The van der Waals surface area contributed by atoms with E-state index in [0.29, 0.717) is 16.1 Å². The maximum Gasteiger partial charge on any atom is 0.176 e. The summed E-state index contributed by atoms with van der Waals surface area (Å²) in [5.74, 6) is 0. The Labute approximate surface area is 398 Å². The standard InChI is InChI=1S/C44H32P2.C13H13NO2S.H2O.Pd/c1-5-19-35(20-6-1)45(36-21-7-2-8-22-36)41-31-29-33-17-13-15-27-39(33)43(41)44-40-28-16-14-18-34(40)30-32-42(44)46(37-23-9-3-10-24-37)38-25-11-4-12-26-38;1-17(15,16)13-9-5-3-7-11(13)10-6-2-4-8-12(10)14;;/h1-32H;2-9H,14H2,1H3;1H2;. The van der Waals surface area contributed by atoms with Crippen LogP contribution in [0.25, 0.3) is 43.8 Å². The van der Waals surface area contributed by atoms with Gasteiger partial charge in [0.25, 0.3) is 0 Å². The van der Waals surface area contributed by atoms with Crippen LogP contribution in [0.3, 0.4) is 0 Å². The number of nitrogens with two attached hydrogens (primary N) is 1. The first-order valence-electron chi connectivity index (χ1n) is 20.8. The fourth-order valence-electron chi connectivity index (χ4n) is 8.34. The van der Waals surface area contributed by atoms with Crippen molar-refractivity contribution in [1.82, 2.24) is 0 Å². The molecule has 0 aliphatic carbocycles. The van der Waals surface area contributed by atoms with Gasteiger partial charge in [-0.25, -0.2) is 8.42 Å². The molecule has 65 heavy (non-hydrogen) atoms. The van der Waals surface area contributed by atoms with E-state index < -0.39 is 25.7 Å². The van der Waals surface area contributed by atoms with Gasteiger partial charge in [-0.15, -0.1) is 0 Å². The van der Waals surface area contributed by atoms with Gasteiger partial charge in [0, 0.05) is 43.5 Å². The van der Waals surface area contributed by atoms with Gasteiger partial charge in [-0.2, -0.15) is 0 Å². The van der Waals surface area contributed by atoms with Crippen LogP contribution in [0.2, 0.25) is 0 Å². The monoisotopic (exact) mass is 993 g/mol. The zero-order valence-corrected chi connectivity index (χ0v) is 39.8. The van der Waals surface area contributed by atoms with Crippen molar-refractivity contribution in [3.8, 4) is 22.3 Å². The van der Waals surface area contributed by atoms with Crippen LogP contribution in [0.4, 0.5) is 5.69 Å². The van der Waals surface area contributed by atoms with E-state index in [1.807, 2.05) is 18.2 Å². The molecule has 10 aromatic carbocycles. The van der Waals surface area contributed by atoms with Crippen LogP contribution in [0.5, 0.6) is 0 Å². The van der Waals surface area contributed by atoms with Crippen LogP contribution in [0, 0.1) is 0 Å². The Balaban J connectivity index is 0.000000281. The SMILES string of the molecule is CS(=O)(=O)c1ccccc1-c1ccccc1N.O.[Pd].c1ccc(P(c2ccccc2)c2ccc3ccccc3c2-c2c(P(c3ccccc3)c3ccccc3)ccc3ccccc23)cc1.